The summed E-state index contributed by atoms with van der Waals surface area (Å²) in [6.07, 6.45) is 3.81. The predicted molar refractivity (Wildman–Crippen MR) is 132 cm³/mol. The number of ether oxygens (including phenoxy) is 2. The molecule has 4 aromatic rings. The Labute approximate surface area is 203 Å². The number of rotatable bonds is 2. The van der Waals surface area contributed by atoms with Crippen LogP contribution in [-0.2, 0) is 32.0 Å². The first kappa shape index (κ1) is 23.3. The molecular weight excluding hydrogens is 449 g/mol. The molecule has 0 amide bonds. The van der Waals surface area contributed by atoms with E-state index in [4.69, 9.17) is 9.47 Å². The van der Waals surface area contributed by atoms with E-state index in [9.17, 15) is 0 Å². The summed E-state index contributed by atoms with van der Waals surface area (Å²) in [4.78, 5) is 2.21. The molecule has 0 saturated heterocycles. The summed E-state index contributed by atoms with van der Waals surface area (Å²) >= 11 is 0. The molecule has 0 aliphatic carbocycles. The van der Waals surface area contributed by atoms with Gasteiger partial charge in [-0.25, -0.2) is 9.07 Å². The van der Waals surface area contributed by atoms with E-state index in [0.29, 0.717) is 41.3 Å². The number of methoxy groups -OCH3 is 1. The van der Waals surface area contributed by atoms with Gasteiger partial charge in [0.25, 0.3) is 0 Å². The highest BCUT2D eigenvalue weighted by atomic mass is 19.1. The second-order valence-electron chi connectivity index (χ2n) is 9.20. The van der Waals surface area contributed by atoms with E-state index in [1.165, 1.54) is 6.07 Å². The third-order valence-electron chi connectivity index (χ3n) is 6.39. The molecule has 0 fully saturated rings. The Morgan fingerprint density at radius 1 is 1.17 bits per heavy atom. The molecule has 2 bridgehead atoms. The molecule has 1 aromatic carbocycles. The van der Waals surface area contributed by atoms with Crippen molar-refractivity contribution >= 4 is 23.1 Å². The fraction of sp³-hybridized carbons (Fsp3) is 0.400. The third kappa shape index (κ3) is 4.12. The maximum Gasteiger partial charge on any atom is 0.220 e. The van der Waals surface area contributed by atoms with Crippen LogP contribution in [0.4, 0.5) is 4.39 Å². The molecule has 184 valence electrons. The lowest BCUT2D eigenvalue weighted by Gasteiger charge is -2.23. The first-order valence-corrected chi connectivity index (χ1v) is 11.5. The Morgan fingerprint density at radius 3 is 2.74 bits per heavy atom. The number of nitrogens with zero attached hydrogens (tertiary/aromatic N) is 6. The van der Waals surface area contributed by atoms with Crippen LogP contribution >= 0.6 is 0 Å². The summed E-state index contributed by atoms with van der Waals surface area (Å²) in [5.41, 5.74) is 6.12. The second kappa shape index (κ2) is 8.94. The van der Waals surface area contributed by atoms with Crippen molar-refractivity contribution in [2.24, 2.45) is 14.1 Å². The van der Waals surface area contributed by atoms with Gasteiger partial charge in [-0.1, -0.05) is 0 Å². The Balaban J connectivity index is 1.75. The Morgan fingerprint density at radius 2 is 1.97 bits per heavy atom. The van der Waals surface area contributed by atoms with Crippen LogP contribution in [0.15, 0.2) is 12.1 Å². The van der Waals surface area contributed by atoms with E-state index >= 15 is 4.39 Å². The molecule has 0 spiro atoms. The first-order valence-electron chi connectivity index (χ1n) is 11.5. The molecule has 3 aromatic heterocycles. The SMILES string of the molecule is COCc1nn(C)c2c1-c1cc(F)c3n[nH]c(c3c1)/C=C/c1c(C)nn(C)c1CN(C)CC(C)O2. The maximum atomic E-state index is 15.3. The minimum Gasteiger partial charge on any atom is -0.473 e. The van der Waals surface area contributed by atoms with Gasteiger partial charge in [-0.05, 0) is 50.7 Å². The summed E-state index contributed by atoms with van der Waals surface area (Å²) in [6, 6.07) is 3.41. The van der Waals surface area contributed by atoms with Gasteiger partial charge < -0.3 is 9.47 Å². The number of nitrogens with one attached hydrogen (secondary N) is 1. The third-order valence-corrected chi connectivity index (χ3v) is 6.39. The summed E-state index contributed by atoms with van der Waals surface area (Å²) in [6.45, 7) is 5.66. The van der Waals surface area contributed by atoms with Crippen molar-refractivity contribution in [3.8, 4) is 17.0 Å². The lowest BCUT2D eigenvalue weighted by atomic mass is 10.0. The van der Waals surface area contributed by atoms with Crippen LogP contribution in [0, 0.1) is 12.7 Å². The number of benzene rings is 1. The van der Waals surface area contributed by atoms with Gasteiger partial charge in [0.05, 0.1) is 34.9 Å². The normalized spacial score (nSPS) is 17.6. The highest BCUT2D eigenvalue weighted by Gasteiger charge is 2.24. The molecule has 0 radical (unpaired) electrons. The summed E-state index contributed by atoms with van der Waals surface area (Å²) in [7, 11) is 7.46. The summed E-state index contributed by atoms with van der Waals surface area (Å²) in [5.74, 6) is 0.158. The lowest BCUT2D eigenvalue weighted by molar-refractivity contribution is 0.147. The number of hydrogen-bond acceptors (Lipinski definition) is 6. The fourth-order valence-electron chi connectivity index (χ4n) is 4.87. The number of aromatic nitrogens is 6. The van der Waals surface area contributed by atoms with Gasteiger partial charge in [0.15, 0.2) is 5.82 Å². The van der Waals surface area contributed by atoms with E-state index in [2.05, 4.69) is 32.3 Å². The van der Waals surface area contributed by atoms with E-state index in [0.717, 1.165) is 22.5 Å². The van der Waals surface area contributed by atoms with Crippen LogP contribution in [0.25, 0.3) is 34.2 Å². The number of likely N-dealkylation sites (N-methyl/N-ethyl adjacent to an activating group) is 1. The Hall–Kier alpha value is -3.50. The average molecular weight is 480 g/mol. The fourth-order valence-corrected chi connectivity index (χ4v) is 4.87. The van der Waals surface area contributed by atoms with Gasteiger partial charge in [-0.3, -0.25) is 14.7 Å². The minimum atomic E-state index is -0.415. The number of fused-ring (bicyclic) bond motifs is 4. The van der Waals surface area contributed by atoms with Crippen molar-refractivity contribution in [1.29, 1.82) is 0 Å². The van der Waals surface area contributed by atoms with Gasteiger partial charge in [0, 0.05) is 45.2 Å². The Kier molecular flexibility index (Phi) is 5.94. The van der Waals surface area contributed by atoms with Gasteiger partial charge in [-0.2, -0.15) is 15.3 Å². The number of aryl methyl sites for hydroxylation is 3. The molecule has 0 saturated carbocycles. The number of hydrogen-bond donors (Lipinski definition) is 1. The molecule has 1 aliphatic rings. The van der Waals surface area contributed by atoms with Crippen molar-refractivity contribution in [3.63, 3.8) is 0 Å². The van der Waals surface area contributed by atoms with Crippen LogP contribution < -0.4 is 4.74 Å². The van der Waals surface area contributed by atoms with E-state index in [-0.39, 0.29) is 18.2 Å². The lowest BCUT2D eigenvalue weighted by Crippen LogP contribution is -2.32. The zero-order valence-corrected chi connectivity index (χ0v) is 20.9. The van der Waals surface area contributed by atoms with Gasteiger partial charge >= 0.3 is 0 Å². The molecule has 1 aliphatic heterocycles. The maximum absolute atomic E-state index is 15.3. The van der Waals surface area contributed by atoms with Crippen LogP contribution in [-0.4, -0.2) is 61.5 Å². The molecule has 9 nitrogen and oxygen atoms in total. The molecule has 5 rings (SSSR count). The molecule has 1 unspecified atom stereocenters. The second-order valence-corrected chi connectivity index (χ2v) is 9.20. The van der Waals surface area contributed by atoms with Crippen LogP contribution in [0.1, 0.15) is 35.3 Å². The van der Waals surface area contributed by atoms with Crippen LogP contribution in [0.2, 0.25) is 0 Å². The number of halogens is 1. The monoisotopic (exact) mass is 479 g/mol. The molecule has 35 heavy (non-hydrogen) atoms. The smallest absolute Gasteiger partial charge is 0.220 e. The van der Waals surface area contributed by atoms with E-state index < -0.39 is 5.82 Å². The number of H-pyrrole nitrogens is 1. The first-order chi connectivity index (χ1) is 16.8. The standard InChI is InChI=1S/C25H30FN7O2/c1-14-11-31(3)12-22-17(15(2)29-32(22)4)7-8-20-18-9-16(10-19(26)24(18)28-27-20)23-21(13-34-6)30-33(5)25(23)35-14/h7-10,14H,11-13H2,1-6H3,(H,27,28)/b8-7+. The molecular formula is C25H30FN7O2. The van der Waals surface area contributed by atoms with E-state index in [1.54, 1.807) is 11.8 Å². The predicted octanol–water partition coefficient (Wildman–Crippen LogP) is 3.67. The molecule has 1 N–H and O–H groups in total. The van der Waals surface area contributed by atoms with Gasteiger partial charge in [0.1, 0.15) is 11.6 Å². The number of aromatic amines is 1. The zero-order chi connectivity index (χ0) is 24.9. The summed E-state index contributed by atoms with van der Waals surface area (Å²) in [5, 5.41) is 17.2. The molecule has 10 heteroatoms. The van der Waals surface area contributed by atoms with Crippen LogP contribution in [0.5, 0.6) is 5.88 Å². The van der Waals surface area contributed by atoms with Crippen molar-refractivity contribution in [2.75, 3.05) is 20.7 Å². The molecule has 1 atom stereocenters. The van der Waals surface area contributed by atoms with Crippen molar-refractivity contribution in [2.45, 2.75) is 33.1 Å². The van der Waals surface area contributed by atoms with Crippen molar-refractivity contribution in [3.05, 3.63) is 46.3 Å². The minimum absolute atomic E-state index is 0.152. The van der Waals surface area contributed by atoms with E-state index in [1.807, 2.05) is 50.8 Å². The zero-order valence-electron chi connectivity index (χ0n) is 20.9. The average Bonchev–Trinajstić information content (AvgIpc) is 3.41. The molecule has 4 heterocycles. The largest absolute Gasteiger partial charge is 0.473 e. The van der Waals surface area contributed by atoms with Gasteiger partial charge in [0.2, 0.25) is 5.88 Å². The summed E-state index contributed by atoms with van der Waals surface area (Å²) < 4.78 is 30.7. The van der Waals surface area contributed by atoms with Crippen LogP contribution in [0.3, 0.4) is 0 Å². The van der Waals surface area contributed by atoms with Crippen molar-refractivity contribution < 1.29 is 13.9 Å². The Bertz CT molecular complexity index is 1430. The van der Waals surface area contributed by atoms with Crippen molar-refractivity contribution in [1.82, 2.24) is 34.7 Å². The topological polar surface area (TPSA) is 86.0 Å². The highest BCUT2D eigenvalue weighted by Crippen LogP contribution is 2.37. The quantitative estimate of drug-likeness (QED) is 0.472. The highest BCUT2D eigenvalue weighted by molar-refractivity contribution is 5.93. The van der Waals surface area contributed by atoms with Gasteiger partial charge in [-0.15, -0.1) is 0 Å².